The highest BCUT2D eigenvalue weighted by Gasteiger charge is 2.32. The molecule has 0 unspecified atom stereocenters. The van der Waals surface area contributed by atoms with Gasteiger partial charge in [0.05, 0.1) is 5.88 Å². The molecule has 0 bridgehead atoms. The van der Waals surface area contributed by atoms with Crippen LogP contribution in [0.15, 0.2) is 18.2 Å². The van der Waals surface area contributed by atoms with E-state index in [1.54, 1.807) is 12.1 Å². The molecule has 1 aromatic carbocycles. The van der Waals surface area contributed by atoms with Crippen molar-refractivity contribution in [1.29, 1.82) is 0 Å². The van der Waals surface area contributed by atoms with E-state index >= 15 is 0 Å². The molecule has 17 heavy (non-hydrogen) atoms. The van der Waals surface area contributed by atoms with Gasteiger partial charge in [0.15, 0.2) is 0 Å². The molecular weight excluding hydrogens is 253 g/mol. The molecule has 0 fully saturated rings. The highest BCUT2D eigenvalue weighted by molar-refractivity contribution is 6.17. The van der Waals surface area contributed by atoms with Crippen molar-refractivity contribution in [3.63, 3.8) is 0 Å². The molecule has 0 aliphatic carbocycles. The van der Waals surface area contributed by atoms with Crippen molar-refractivity contribution in [3.05, 3.63) is 29.3 Å². The van der Waals surface area contributed by atoms with Crippen LogP contribution in [0.1, 0.15) is 31.9 Å². The van der Waals surface area contributed by atoms with Crippen LogP contribution >= 0.6 is 11.6 Å². The van der Waals surface area contributed by atoms with Gasteiger partial charge in [-0.15, -0.1) is 24.8 Å². The largest absolute Gasteiger partial charge is 0.573 e. The lowest BCUT2D eigenvalue weighted by Crippen LogP contribution is -2.18. The zero-order chi connectivity index (χ0) is 13.5. The van der Waals surface area contributed by atoms with E-state index in [-0.39, 0.29) is 11.6 Å². The minimum absolute atomic E-state index is 0.00456. The summed E-state index contributed by atoms with van der Waals surface area (Å²) in [5.41, 5.74) is 1.12. The molecule has 0 atom stereocenters. The molecule has 0 aromatic heterocycles. The quantitative estimate of drug-likeness (QED) is 0.708. The summed E-state index contributed by atoms with van der Waals surface area (Å²) in [6, 6.07) is 4.65. The Labute approximate surface area is 105 Å². The Bertz CT molecular complexity index is 337. The predicted octanol–water partition coefficient (Wildman–Crippen LogP) is 4.91. The van der Waals surface area contributed by atoms with Crippen LogP contribution in [0.4, 0.5) is 13.2 Å². The summed E-state index contributed by atoms with van der Waals surface area (Å²) >= 11 is 5.51. The van der Waals surface area contributed by atoms with Gasteiger partial charge in [0, 0.05) is 5.56 Å². The van der Waals surface area contributed by atoms with E-state index in [4.69, 9.17) is 11.6 Å². The maximum Gasteiger partial charge on any atom is 0.573 e. The summed E-state index contributed by atoms with van der Waals surface area (Å²) in [7, 11) is 0. The monoisotopic (exact) mass is 268 g/mol. The van der Waals surface area contributed by atoms with Gasteiger partial charge in [-0.05, 0) is 18.1 Å². The third-order valence-electron chi connectivity index (χ3n) is 1.91. The highest BCUT2D eigenvalue weighted by atomic mass is 35.5. The molecule has 1 aromatic rings. The van der Waals surface area contributed by atoms with Crippen LogP contribution < -0.4 is 4.74 Å². The first kappa shape index (κ1) is 16.1. The average Bonchev–Trinajstić information content (AvgIpc) is 2.29. The lowest BCUT2D eigenvalue weighted by molar-refractivity contribution is -0.274. The summed E-state index contributed by atoms with van der Waals surface area (Å²) in [4.78, 5) is 0. The van der Waals surface area contributed by atoms with Gasteiger partial charge in [-0.2, -0.15) is 0 Å². The first-order valence-electron chi connectivity index (χ1n) is 5.39. The second kappa shape index (κ2) is 7.43. The van der Waals surface area contributed by atoms with Crippen LogP contribution in [0.3, 0.4) is 0 Å². The minimum Gasteiger partial charge on any atom is -0.405 e. The highest BCUT2D eigenvalue weighted by Crippen LogP contribution is 2.28. The van der Waals surface area contributed by atoms with Crippen molar-refractivity contribution in [1.82, 2.24) is 0 Å². The molecule has 1 rings (SSSR count). The van der Waals surface area contributed by atoms with Crippen molar-refractivity contribution >= 4 is 11.6 Å². The van der Waals surface area contributed by atoms with E-state index in [2.05, 4.69) is 4.74 Å². The molecular formula is C12H16ClF3O. The van der Waals surface area contributed by atoms with Crippen molar-refractivity contribution in [2.24, 2.45) is 0 Å². The Morgan fingerprint density at radius 3 is 2.24 bits per heavy atom. The van der Waals surface area contributed by atoms with E-state index in [1.807, 2.05) is 20.8 Å². The zero-order valence-corrected chi connectivity index (χ0v) is 10.8. The Hall–Kier alpha value is -0.900. The molecule has 0 amide bonds. The molecule has 0 aliphatic heterocycles. The molecule has 0 aliphatic rings. The van der Waals surface area contributed by atoms with E-state index in [1.165, 1.54) is 6.07 Å². The molecule has 0 N–H and O–H groups in total. The molecule has 0 radical (unpaired) electrons. The number of benzene rings is 1. The van der Waals surface area contributed by atoms with Crippen molar-refractivity contribution in [2.75, 3.05) is 0 Å². The summed E-state index contributed by atoms with van der Waals surface area (Å²) < 4.78 is 40.0. The smallest absolute Gasteiger partial charge is 0.405 e. The fraction of sp³-hybridized carbons (Fsp3) is 0.500. The normalized spacial score (nSPS) is 10.5. The van der Waals surface area contributed by atoms with Gasteiger partial charge in [-0.1, -0.05) is 32.9 Å². The third kappa shape index (κ3) is 5.82. The molecule has 0 heterocycles. The van der Waals surface area contributed by atoms with Gasteiger partial charge in [-0.25, -0.2) is 0 Å². The van der Waals surface area contributed by atoms with Crippen LogP contribution in [-0.2, 0) is 12.3 Å². The number of aryl methyl sites for hydroxylation is 1. The van der Waals surface area contributed by atoms with Crippen LogP contribution in [-0.4, -0.2) is 6.36 Å². The molecule has 0 saturated heterocycles. The van der Waals surface area contributed by atoms with Gasteiger partial charge < -0.3 is 4.74 Å². The SMILES string of the molecule is CC.CCc1ccc(CCl)c(OC(F)(F)F)c1. The Kier molecular flexibility index (Phi) is 7.04. The van der Waals surface area contributed by atoms with Crippen LogP contribution in [0, 0.1) is 0 Å². The van der Waals surface area contributed by atoms with Crippen LogP contribution in [0.2, 0.25) is 0 Å². The van der Waals surface area contributed by atoms with E-state index in [9.17, 15) is 13.2 Å². The molecule has 1 nitrogen and oxygen atoms in total. The molecule has 5 heteroatoms. The molecule has 0 spiro atoms. The topological polar surface area (TPSA) is 9.23 Å². The summed E-state index contributed by atoms with van der Waals surface area (Å²) in [6.07, 6.45) is -4.02. The second-order valence-electron chi connectivity index (χ2n) is 2.98. The van der Waals surface area contributed by atoms with Crippen molar-refractivity contribution < 1.29 is 17.9 Å². The van der Waals surface area contributed by atoms with Gasteiger partial charge >= 0.3 is 6.36 Å². The summed E-state index contributed by atoms with van der Waals surface area (Å²) in [5, 5.41) is 0. The summed E-state index contributed by atoms with van der Waals surface area (Å²) in [6.45, 7) is 5.85. The molecule has 0 saturated carbocycles. The number of hydrogen-bond donors (Lipinski definition) is 0. The van der Waals surface area contributed by atoms with Crippen LogP contribution in [0.5, 0.6) is 5.75 Å². The lowest BCUT2D eigenvalue weighted by atomic mass is 10.1. The summed E-state index contributed by atoms with van der Waals surface area (Å²) in [5.74, 6) is -0.216. The number of rotatable bonds is 3. The lowest BCUT2D eigenvalue weighted by Gasteiger charge is -2.13. The number of hydrogen-bond acceptors (Lipinski definition) is 1. The third-order valence-corrected chi connectivity index (χ3v) is 2.20. The van der Waals surface area contributed by atoms with E-state index < -0.39 is 6.36 Å². The Morgan fingerprint density at radius 1 is 1.24 bits per heavy atom. The van der Waals surface area contributed by atoms with Gasteiger partial charge in [-0.3, -0.25) is 0 Å². The van der Waals surface area contributed by atoms with Crippen molar-refractivity contribution in [3.8, 4) is 5.75 Å². The zero-order valence-electron chi connectivity index (χ0n) is 10.1. The second-order valence-corrected chi connectivity index (χ2v) is 3.24. The van der Waals surface area contributed by atoms with Crippen LogP contribution in [0.25, 0.3) is 0 Å². The maximum absolute atomic E-state index is 12.0. The Balaban J connectivity index is 0.00000121. The number of alkyl halides is 4. The van der Waals surface area contributed by atoms with Gasteiger partial charge in [0.1, 0.15) is 5.75 Å². The van der Waals surface area contributed by atoms with Gasteiger partial charge in [0.2, 0.25) is 0 Å². The van der Waals surface area contributed by atoms with Crippen molar-refractivity contribution in [2.45, 2.75) is 39.4 Å². The van der Waals surface area contributed by atoms with E-state index in [0.717, 1.165) is 5.56 Å². The fourth-order valence-electron chi connectivity index (χ4n) is 1.15. The fourth-order valence-corrected chi connectivity index (χ4v) is 1.37. The predicted molar refractivity (Wildman–Crippen MR) is 63.4 cm³/mol. The van der Waals surface area contributed by atoms with E-state index in [0.29, 0.717) is 12.0 Å². The van der Waals surface area contributed by atoms with Gasteiger partial charge in [0.25, 0.3) is 0 Å². The Morgan fingerprint density at radius 2 is 1.82 bits per heavy atom. The molecule has 98 valence electrons. The average molecular weight is 269 g/mol. The standard InChI is InChI=1S/C10H10ClF3O.C2H6/c1-2-7-3-4-8(6-11)9(5-7)15-10(12,13)14;1-2/h3-5H,2,6H2,1H3;1-2H3. The first-order valence-corrected chi connectivity index (χ1v) is 5.93. The first-order chi connectivity index (χ1) is 7.96. The number of ether oxygens (including phenoxy) is 1. The number of halogens is 4. The minimum atomic E-state index is -4.67. The maximum atomic E-state index is 12.0.